The Bertz CT molecular complexity index is 781. The van der Waals surface area contributed by atoms with E-state index in [2.05, 4.69) is 4.98 Å². The van der Waals surface area contributed by atoms with Crippen LogP contribution in [0.4, 0.5) is 0 Å². The van der Waals surface area contributed by atoms with Crippen molar-refractivity contribution < 1.29 is 23.8 Å². The summed E-state index contributed by atoms with van der Waals surface area (Å²) in [7, 11) is 1.53. The van der Waals surface area contributed by atoms with Gasteiger partial charge in [-0.25, -0.2) is 4.98 Å². The first-order chi connectivity index (χ1) is 11.6. The van der Waals surface area contributed by atoms with E-state index in [-0.39, 0.29) is 5.78 Å². The summed E-state index contributed by atoms with van der Waals surface area (Å²) < 4.78 is 16.3. The van der Waals surface area contributed by atoms with Gasteiger partial charge in [-0.1, -0.05) is 12.1 Å². The molecule has 1 aliphatic rings. The molecule has 1 aromatic heterocycles. The molecule has 1 fully saturated rings. The number of hydrogen-bond donors (Lipinski definition) is 0. The SMILES string of the molecule is COc1ccc(-c2ccc(C=O)cc2C(C)=O)c(C2OCCO2)n1. The molecular weight excluding hydrogens is 310 g/mol. The van der Waals surface area contributed by atoms with E-state index < -0.39 is 6.29 Å². The molecule has 124 valence electrons. The first-order valence-corrected chi connectivity index (χ1v) is 7.52. The average Bonchev–Trinajstić information content (AvgIpc) is 3.15. The lowest BCUT2D eigenvalue weighted by Gasteiger charge is -2.16. The van der Waals surface area contributed by atoms with Crippen molar-refractivity contribution in [1.29, 1.82) is 0 Å². The van der Waals surface area contributed by atoms with Gasteiger partial charge in [-0.2, -0.15) is 0 Å². The van der Waals surface area contributed by atoms with Crippen LogP contribution in [-0.2, 0) is 9.47 Å². The topological polar surface area (TPSA) is 74.7 Å². The van der Waals surface area contributed by atoms with Crippen molar-refractivity contribution in [3.8, 4) is 17.0 Å². The van der Waals surface area contributed by atoms with Gasteiger partial charge >= 0.3 is 0 Å². The van der Waals surface area contributed by atoms with Crippen LogP contribution in [-0.4, -0.2) is 37.4 Å². The Morgan fingerprint density at radius 2 is 1.92 bits per heavy atom. The molecule has 6 heteroatoms. The highest BCUT2D eigenvalue weighted by molar-refractivity contribution is 6.02. The fourth-order valence-electron chi connectivity index (χ4n) is 2.65. The highest BCUT2D eigenvalue weighted by Crippen LogP contribution is 2.35. The molecule has 0 amide bonds. The lowest BCUT2D eigenvalue weighted by Crippen LogP contribution is -2.07. The molecule has 24 heavy (non-hydrogen) atoms. The highest BCUT2D eigenvalue weighted by Gasteiger charge is 2.26. The fraction of sp³-hybridized carbons (Fsp3) is 0.278. The summed E-state index contributed by atoms with van der Waals surface area (Å²) in [6.45, 7) is 2.42. The Kier molecular flexibility index (Phi) is 4.69. The molecule has 0 unspecified atom stereocenters. The lowest BCUT2D eigenvalue weighted by atomic mass is 9.94. The van der Waals surface area contributed by atoms with Crippen molar-refractivity contribution in [3.05, 3.63) is 47.2 Å². The summed E-state index contributed by atoms with van der Waals surface area (Å²) in [4.78, 5) is 27.5. The summed E-state index contributed by atoms with van der Waals surface area (Å²) in [6.07, 6.45) is 0.104. The second-order valence-electron chi connectivity index (χ2n) is 5.34. The zero-order valence-corrected chi connectivity index (χ0v) is 13.4. The molecule has 1 aliphatic heterocycles. The molecule has 2 aromatic rings. The van der Waals surface area contributed by atoms with Crippen LogP contribution in [0.25, 0.3) is 11.1 Å². The Balaban J connectivity index is 2.18. The summed E-state index contributed by atoms with van der Waals surface area (Å²) in [5, 5.41) is 0. The molecule has 0 aliphatic carbocycles. The molecule has 6 nitrogen and oxygen atoms in total. The third-order valence-electron chi connectivity index (χ3n) is 3.80. The van der Waals surface area contributed by atoms with Crippen LogP contribution in [0.5, 0.6) is 5.88 Å². The number of carbonyl (C=O) groups is 2. The zero-order chi connectivity index (χ0) is 17.1. The maximum atomic E-state index is 12.0. The van der Waals surface area contributed by atoms with Crippen LogP contribution in [0.15, 0.2) is 30.3 Å². The summed E-state index contributed by atoms with van der Waals surface area (Å²) in [5.74, 6) is 0.297. The maximum Gasteiger partial charge on any atom is 0.213 e. The van der Waals surface area contributed by atoms with E-state index in [1.165, 1.54) is 14.0 Å². The number of pyridine rings is 1. The van der Waals surface area contributed by atoms with Crippen LogP contribution >= 0.6 is 0 Å². The van der Waals surface area contributed by atoms with Crippen molar-refractivity contribution in [2.24, 2.45) is 0 Å². The number of rotatable bonds is 5. The van der Waals surface area contributed by atoms with Gasteiger partial charge in [-0.15, -0.1) is 0 Å². The summed E-state index contributed by atoms with van der Waals surface area (Å²) in [5.41, 5.74) is 2.84. The number of nitrogens with zero attached hydrogens (tertiary/aromatic N) is 1. The molecule has 3 rings (SSSR count). The number of ketones is 1. The van der Waals surface area contributed by atoms with Gasteiger partial charge in [-0.3, -0.25) is 9.59 Å². The largest absolute Gasteiger partial charge is 0.481 e. The van der Waals surface area contributed by atoms with Crippen molar-refractivity contribution in [2.45, 2.75) is 13.2 Å². The first-order valence-electron chi connectivity index (χ1n) is 7.52. The number of methoxy groups -OCH3 is 1. The third kappa shape index (κ3) is 3.06. The van der Waals surface area contributed by atoms with Crippen LogP contribution in [0.3, 0.4) is 0 Å². The zero-order valence-electron chi connectivity index (χ0n) is 13.4. The Labute approximate surface area is 139 Å². The average molecular weight is 327 g/mol. The Hall–Kier alpha value is -2.57. The number of aromatic nitrogens is 1. The van der Waals surface area contributed by atoms with Crippen molar-refractivity contribution >= 4 is 12.1 Å². The van der Waals surface area contributed by atoms with Crippen LogP contribution < -0.4 is 4.74 Å². The third-order valence-corrected chi connectivity index (χ3v) is 3.80. The van der Waals surface area contributed by atoms with Gasteiger partial charge in [-0.05, 0) is 24.6 Å². The van der Waals surface area contributed by atoms with Gasteiger partial charge in [0.25, 0.3) is 0 Å². The predicted octanol–water partition coefficient (Wildman–Crippen LogP) is 2.82. The first kappa shape index (κ1) is 16.3. The smallest absolute Gasteiger partial charge is 0.213 e. The molecule has 2 heterocycles. The number of hydrogen-bond acceptors (Lipinski definition) is 6. The predicted molar refractivity (Wildman–Crippen MR) is 86.3 cm³/mol. The van der Waals surface area contributed by atoms with Gasteiger partial charge in [0.05, 0.1) is 20.3 Å². The van der Waals surface area contributed by atoms with Crippen molar-refractivity contribution in [2.75, 3.05) is 20.3 Å². The second kappa shape index (κ2) is 6.90. The van der Waals surface area contributed by atoms with E-state index in [1.807, 2.05) is 6.07 Å². The van der Waals surface area contributed by atoms with Gasteiger partial charge < -0.3 is 14.2 Å². The molecule has 0 N–H and O–H groups in total. The van der Waals surface area contributed by atoms with Crippen molar-refractivity contribution in [1.82, 2.24) is 4.98 Å². The van der Waals surface area contributed by atoms with Gasteiger partial charge in [0.1, 0.15) is 12.0 Å². The second-order valence-corrected chi connectivity index (χ2v) is 5.34. The minimum Gasteiger partial charge on any atom is -0.481 e. The quantitative estimate of drug-likeness (QED) is 0.621. The van der Waals surface area contributed by atoms with E-state index in [0.717, 1.165) is 0 Å². The van der Waals surface area contributed by atoms with Crippen LogP contribution in [0, 0.1) is 0 Å². The standard InChI is InChI=1S/C18H17NO5/c1-11(21)15-9-12(10-20)3-4-13(15)14-5-6-16(22-2)19-17(14)18-23-7-8-24-18/h3-6,9-10,18H,7-8H2,1-2H3. The highest BCUT2D eigenvalue weighted by atomic mass is 16.7. The molecule has 0 bridgehead atoms. The molecular formula is C18H17NO5. The monoisotopic (exact) mass is 327 g/mol. The van der Waals surface area contributed by atoms with Crippen molar-refractivity contribution in [3.63, 3.8) is 0 Å². The molecule has 0 spiro atoms. The number of Topliss-reactive ketones (excluding diaryl/α,β-unsaturated/α-hetero) is 1. The minimum absolute atomic E-state index is 0.135. The summed E-state index contributed by atoms with van der Waals surface area (Å²) in [6, 6.07) is 8.51. The lowest BCUT2D eigenvalue weighted by molar-refractivity contribution is -0.0470. The molecule has 0 atom stereocenters. The van der Waals surface area contributed by atoms with Gasteiger partial charge in [0.15, 0.2) is 5.78 Å². The normalized spacial score (nSPS) is 14.6. The molecule has 1 aromatic carbocycles. The van der Waals surface area contributed by atoms with E-state index in [4.69, 9.17) is 14.2 Å². The number of aldehydes is 1. The van der Waals surface area contributed by atoms with E-state index in [9.17, 15) is 9.59 Å². The molecule has 0 radical (unpaired) electrons. The minimum atomic E-state index is -0.611. The fourth-order valence-corrected chi connectivity index (χ4v) is 2.65. The Morgan fingerprint density at radius 3 is 2.54 bits per heavy atom. The number of benzene rings is 1. The molecule has 1 saturated heterocycles. The number of carbonyl (C=O) groups excluding carboxylic acids is 2. The van der Waals surface area contributed by atoms with Crippen LogP contribution in [0.1, 0.15) is 39.6 Å². The van der Waals surface area contributed by atoms with Crippen LogP contribution in [0.2, 0.25) is 0 Å². The maximum absolute atomic E-state index is 12.0. The van der Waals surface area contributed by atoms with E-state index in [1.54, 1.807) is 24.3 Å². The van der Waals surface area contributed by atoms with E-state index in [0.29, 0.717) is 53.3 Å². The van der Waals surface area contributed by atoms with E-state index >= 15 is 0 Å². The Morgan fingerprint density at radius 1 is 1.21 bits per heavy atom. The summed E-state index contributed by atoms with van der Waals surface area (Å²) >= 11 is 0. The van der Waals surface area contributed by atoms with Gasteiger partial charge in [0, 0.05) is 22.8 Å². The van der Waals surface area contributed by atoms with Gasteiger partial charge in [0.2, 0.25) is 12.2 Å². The number of ether oxygens (including phenoxy) is 3. The molecule has 0 saturated carbocycles.